The van der Waals surface area contributed by atoms with Gasteiger partial charge < -0.3 is 14.0 Å². The van der Waals surface area contributed by atoms with Crippen molar-refractivity contribution in [2.45, 2.75) is 25.8 Å². The molecule has 1 radical (unpaired) electrons. The van der Waals surface area contributed by atoms with E-state index >= 15 is 0 Å². The highest BCUT2D eigenvalue weighted by atomic mass is 28.3. The van der Waals surface area contributed by atoms with Gasteiger partial charge in [-0.15, -0.1) is 0 Å². The number of carbonyl (C=O) groups is 2. The zero-order chi connectivity index (χ0) is 19.6. The highest BCUT2D eigenvalue weighted by molar-refractivity contribution is 6.47. The molecule has 27 heavy (non-hydrogen) atoms. The van der Waals surface area contributed by atoms with Gasteiger partial charge in [0.2, 0.25) is 0 Å². The van der Waals surface area contributed by atoms with E-state index in [-0.39, 0.29) is 17.5 Å². The van der Waals surface area contributed by atoms with Crippen LogP contribution in [-0.4, -0.2) is 32.7 Å². The van der Waals surface area contributed by atoms with Gasteiger partial charge in [-0.1, -0.05) is 49.0 Å². The van der Waals surface area contributed by atoms with E-state index in [1.807, 2.05) is 6.07 Å². The van der Waals surface area contributed by atoms with Crippen LogP contribution in [0.1, 0.15) is 35.7 Å². The van der Waals surface area contributed by atoms with Gasteiger partial charge in [0, 0.05) is 23.8 Å². The second kappa shape index (κ2) is 10.4. The van der Waals surface area contributed by atoms with Crippen molar-refractivity contribution in [3.63, 3.8) is 0 Å². The van der Waals surface area contributed by atoms with Crippen LogP contribution in [0.4, 0.5) is 0 Å². The molecule has 1 aliphatic rings. The van der Waals surface area contributed by atoms with Gasteiger partial charge in [0.25, 0.3) is 0 Å². The average molecular weight is 383 g/mol. The smallest absolute Gasteiger partial charge is 0.460 e. The summed E-state index contributed by atoms with van der Waals surface area (Å²) in [6, 6.07) is 16.4. The predicted octanol–water partition coefficient (Wildman–Crippen LogP) is 4.03. The SMILES string of the molecule is C=C(C)C(=O)O[Si]1CCCCO1.O=C(c1ccccc1)c1ccccc1O. The first kappa shape index (κ1) is 20.6. The summed E-state index contributed by atoms with van der Waals surface area (Å²) in [5.74, 6) is -0.453. The second-order valence-corrected chi connectivity index (χ2v) is 7.80. The van der Waals surface area contributed by atoms with Gasteiger partial charge in [-0.2, -0.15) is 0 Å². The lowest BCUT2D eigenvalue weighted by molar-refractivity contribution is -0.131. The van der Waals surface area contributed by atoms with Crippen LogP contribution in [-0.2, 0) is 13.6 Å². The van der Waals surface area contributed by atoms with Crippen LogP contribution in [0.25, 0.3) is 0 Å². The highest BCUT2D eigenvalue weighted by Crippen LogP contribution is 2.19. The normalized spacial score (nSPS) is 13.8. The second-order valence-electron chi connectivity index (χ2n) is 6.06. The van der Waals surface area contributed by atoms with Crippen molar-refractivity contribution >= 4 is 21.0 Å². The molecule has 2 aromatic carbocycles. The van der Waals surface area contributed by atoms with Crippen LogP contribution >= 0.6 is 0 Å². The van der Waals surface area contributed by atoms with E-state index in [1.165, 1.54) is 6.07 Å². The summed E-state index contributed by atoms with van der Waals surface area (Å²) in [6.45, 7) is 5.89. The zero-order valence-corrected chi connectivity index (χ0v) is 16.3. The summed E-state index contributed by atoms with van der Waals surface area (Å²) >= 11 is 0. The topological polar surface area (TPSA) is 72.8 Å². The highest BCUT2D eigenvalue weighted by Gasteiger charge is 2.24. The largest absolute Gasteiger partial charge is 0.507 e. The number of phenols is 1. The van der Waals surface area contributed by atoms with Crippen molar-refractivity contribution in [2.24, 2.45) is 0 Å². The molecular formula is C21H23O5Si. The van der Waals surface area contributed by atoms with E-state index in [2.05, 4.69) is 6.58 Å². The van der Waals surface area contributed by atoms with Crippen LogP contribution < -0.4 is 0 Å². The summed E-state index contributed by atoms with van der Waals surface area (Å²) in [5.41, 5.74) is 1.37. The Morgan fingerprint density at radius 2 is 1.74 bits per heavy atom. The lowest BCUT2D eigenvalue weighted by Crippen LogP contribution is -2.29. The van der Waals surface area contributed by atoms with Crippen molar-refractivity contribution < 1.29 is 23.5 Å². The molecule has 1 saturated heterocycles. The third-order valence-electron chi connectivity index (χ3n) is 3.78. The average Bonchev–Trinajstić information content (AvgIpc) is 2.70. The van der Waals surface area contributed by atoms with E-state index in [9.17, 15) is 14.7 Å². The monoisotopic (exact) mass is 383 g/mol. The molecule has 0 saturated carbocycles. The van der Waals surface area contributed by atoms with Crippen molar-refractivity contribution in [3.05, 3.63) is 77.9 Å². The molecule has 0 aliphatic carbocycles. The minimum Gasteiger partial charge on any atom is -0.507 e. The Hall–Kier alpha value is -2.70. The van der Waals surface area contributed by atoms with Gasteiger partial charge in [-0.05, 0) is 31.9 Å². The fourth-order valence-electron chi connectivity index (χ4n) is 2.31. The molecule has 0 aromatic heterocycles. The Morgan fingerprint density at radius 3 is 2.33 bits per heavy atom. The van der Waals surface area contributed by atoms with Crippen LogP contribution in [0.3, 0.4) is 0 Å². The van der Waals surface area contributed by atoms with E-state index in [1.54, 1.807) is 49.4 Å². The van der Waals surface area contributed by atoms with Gasteiger partial charge in [-0.25, -0.2) is 4.79 Å². The Balaban J connectivity index is 0.000000199. The summed E-state index contributed by atoms with van der Waals surface area (Å²) in [7, 11) is -1.30. The molecule has 6 heteroatoms. The molecule has 0 amide bonds. The maximum absolute atomic E-state index is 11.9. The van der Waals surface area contributed by atoms with E-state index in [4.69, 9.17) is 8.85 Å². The van der Waals surface area contributed by atoms with Crippen LogP contribution in [0.15, 0.2) is 66.7 Å². The fraction of sp³-hybridized carbons (Fsp3) is 0.238. The Morgan fingerprint density at radius 1 is 1.07 bits per heavy atom. The number of para-hydroxylation sites is 1. The van der Waals surface area contributed by atoms with E-state index < -0.39 is 9.28 Å². The number of hydrogen-bond acceptors (Lipinski definition) is 5. The number of phenolic OH excluding ortho intramolecular Hbond substituents is 1. The first-order valence-electron chi connectivity index (χ1n) is 8.73. The van der Waals surface area contributed by atoms with Crippen LogP contribution in [0, 0.1) is 0 Å². The number of carbonyl (C=O) groups excluding carboxylic acids is 2. The number of rotatable bonds is 4. The summed E-state index contributed by atoms with van der Waals surface area (Å²) in [6.07, 6.45) is 2.19. The van der Waals surface area contributed by atoms with Crippen molar-refractivity contribution in [1.82, 2.24) is 0 Å². The van der Waals surface area contributed by atoms with Gasteiger partial charge >= 0.3 is 15.3 Å². The molecule has 5 nitrogen and oxygen atoms in total. The van der Waals surface area contributed by atoms with Crippen LogP contribution in [0.5, 0.6) is 5.75 Å². The maximum atomic E-state index is 11.9. The standard InChI is InChI=1S/C13H10O2.C8H13O3Si/c14-12-9-5-4-8-11(12)13(15)10-6-2-1-3-7-10;1-7(2)8(9)11-12-6-4-3-5-10-12/h1-9,14H;1,3-6H2,2H3. The molecule has 0 unspecified atom stereocenters. The Kier molecular flexibility index (Phi) is 7.97. The number of benzene rings is 2. The van der Waals surface area contributed by atoms with Crippen molar-refractivity contribution in [2.75, 3.05) is 6.61 Å². The molecule has 0 spiro atoms. The lowest BCUT2D eigenvalue weighted by atomic mass is 10.0. The molecule has 1 heterocycles. The molecule has 2 aromatic rings. The molecule has 141 valence electrons. The van der Waals surface area contributed by atoms with E-state index in [0.29, 0.717) is 16.7 Å². The first-order valence-corrected chi connectivity index (χ1v) is 10.3. The van der Waals surface area contributed by atoms with Gasteiger partial charge in [0.05, 0.1) is 5.56 Å². The zero-order valence-electron chi connectivity index (χ0n) is 15.3. The summed E-state index contributed by atoms with van der Waals surface area (Å²) < 4.78 is 10.4. The van der Waals surface area contributed by atoms with Gasteiger partial charge in [-0.3, -0.25) is 4.79 Å². The molecule has 0 atom stereocenters. The molecular weight excluding hydrogens is 360 g/mol. The molecule has 3 rings (SSSR count). The van der Waals surface area contributed by atoms with E-state index in [0.717, 1.165) is 25.5 Å². The molecule has 1 N–H and O–H groups in total. The molecule has 0 bridgehead atoms. The van der Waals surface area contributed by atoms with Gasteiger partial charge in [0.1, 0.15) is 5.75 Å². The third-order valence-corrected chi connectivity index (χ3v) is 5.48. The Labute approximate surface area is 161 Å². The summed E-state index contributed by atoms with van der Waals surface area (Å²) in [4.78, 5) is 22.9. The Bertz CT molecular complexity index is 782. The van der Waals surface area contributed by atoms with Crippen molar-refractivity contribution in [1.29, 1.82) is 0 Å². The first-order chi connectivity index (χ1) is 13.0. The van der Waals surface area contributed by atoms with Crippen LogP contribution in [0.2, 0.25) is 6.04 Å². The quantitative estimate of drug-likeness (QED) is 0.490. The maximum Gasteiger partial charge on any atom is 0.460 e. The number of aromatic hydroxyl groups is 1. The fourth-order valence-corrected chi connectivity index (χ4v) is 3.91. The number of ketones is 1. The third kappa shape index (κ3) is 6.51. The summed E-state index contributed by atoms with van der Waals surface area (Å²) in [5, 5.41) is 9.52. The predicted molar refractivity (Wildman–Crippen MR) is 105 cm³/mol. The number of hydrogen-bond donors (Lipinski definition) is 1. The van der Waals surface area contributed by atoms with Crippen molar-refractivity contribution in [3.8, 4) is 5.75 Å². The minimum absolute atomic E-state index is 0.0198. The van der Waals surface area contributed by atoms with Gasteiger partial charge in [0.15, 0.2) is 5.78 Å². The minimum atomic E-state index is -1.30. The molecule has 1 fully saturated rings. The lowest BCUT2D eigenvalue weighted by Gasteiger charge is -2.18. The molecule has 1 aliphatic heterocycles.